The summed E-state index contributed by atoms with van der Waals surface area (Å²) in [5, 5.41) is 15.7. The number of hydrogen-bond donors (Lipinski definition) is 1. The number of allylic oxidation sites excluding steroid dienone is 2. The quantitative estimate of drug-likeness (QED) is 0.0640. The summed E-state index contributed by atoms with van der Waals surface area (Å²) in [5.74, 6) is 1.29. The summed E-state index contributed by atoms with van der Waals surface area (Å²) >= 11 is 0. The van der Waals surface area contributed by atoms with Crippen molar-refractivity contribution < 1.29 is 34.4 Å². The zero-order valence-corrected chi connectivity index (χ0v) is 38.8. The third-order valence-corrected chi connectivity index (χ3v) is 12.7. The number of hydrogen-bond acceptors (Lipinski definition) is 5. The molecule has 0 atom stereocenters. The number of aryl methyl sites for hydroxylation is 4. The molecule has 0 saturated carbocycles. The van der Waals surface area contributed by atoms with Crippen LogP contribution in [0.2, 0.25) is 0 Å². The summed E-state index contributed by atoms with van der Waals surface area (Å²) in [5.41, 5.74) is 11.2. The van der Waals surface area contributed by atoms with E-state index in [1.54, 1.807) is 0 Å². The second-order valence-electron chi connectivity index (χ2n) is 16.8. The van der Waals surface area contributed by atoms with Gasteiger partial charge in [-0.25, -0.2) is 4.98 Å². The molecule has 0 aliphatic heterocycles. The molecule has 0 amide bonds. The van der Waals surface area contributed by atoms with Crippen molar-refractivity contribution in [2.24, 2.45) is 10.8 Å². The third kappa shape index (κ3) is 8.29. The first kappa shape index (κ1) is 44.5. The summed E-state index contributed by atoms with van der Waals surface area (Å²) in [6, 6.07) is 29.4. The maximum Gasteiger partial charge on any atom is 0.164 e. The Kier molecular flexibility index (Phi) is 13.6. The third-order valence-electron chi connectivity index (χ3n) is 12.7. The molecule has 0 spiro atoms. The average molecular weight is 952 g/mol. The second kappa shape index (κ2) is 17.7. The number of aromatic nitrogens is 2. The van der Waals surface area contributed by atoms with E-state index < -0.39 is 0 Å². The van der Waals surface area contributed by atoms with Gasteiger partial charge in [0.2, 0.25) is 0 Å². The normalized spacial score (nSPS) is 12.3. The Bertz CT molecular complexity index is 2640. The first-order valence-electron chi connectivity index (χ1n) is 20.7. The maximum atomic E-state index is 12.2. The topological polar surface area (TPSA) is 76.2 Å². The summed E-state index contributed by atoms with van der Waals surface area (Å²) < 4.78 is 6.66. The molecule has 1 radical (unpaired) electrons. The largest absolute Gasteiger partial charge is 0.512 e. The van der Waals surface area contributed by atoms with Crippen LogP contribution >= 0.6 is 0 Å². The molecule has 2 aromatic heterocycles. The van der Waals surface area contributed by atoms with Crippen molar-refractivity contribution in [1.82, 2.24) is 9.97 Å². The smallest absolute Gasteiger partial charge is 0.164 e. The monoisotopic (exact) mass is 952 g/mol. The van der Waals surface area contributed by atoms with Crippen LogP contribution in [0, 0.1) is 44.6 Å². The SMILES string of the molecule is CCC(C)(CC)C(=O)/C=C(\O)C(C)(CC)CC.Cc1cc(C)c2c(ccc3c(-c4[c-]ccc5c4oc4cc(-c6c(C)cccc6C)ccc45)nc(C(C)C)nc32)c1.[Ir]. The Morgan fingerprint density at radius 1 is 0.793 bits per heavy atom. The van der Waals surface area contributed by atoms with Crippen LogP contribution in [0.5, 0.6) is 0 Å². The fourth-order valence-corrected chi connectivity index (χ4v) is 7.94. The number of ketones is 1. The van der Waals surface area contributed by atoms with Gasteiger partial charge in [0, 0.05) is 59.4 Å². The Morgan fingerprint density at radius 3 is 2.05 bits per heavy atom. The molecule has 1 N–H and O–H groups in total. The van der Waals surface area contributed by atoms with Crippen molar-refractivity contribution in [3.63, 3.8) is 0 Å². The molecular formula is C52H59IrN2O3-. The summed E-state index contributed by atoms with van der Waals surface area (Å²) in [6.45, 7) is 25.0. The van der Waals surface area contributed by atoms with E-state index in [1.807, 2.05) is 47.6 Å². The van der Waals surface area contributed by atoms with Crippen LogP contribution in [0.25, 0.3) is 66.0 Å². The molecule has 58 heavy (non-hydrogen) atoms. The van der Waals surface area contributed by atoms with Crippen molar-refractivity contribution in [2.45, 2.75) is 115 Å². The van der Waals surface area contributed by atoms with Crippen LogP contribution in [0.4, 0.5) is 0 Å². The van der Waals surface area contributed by atoms with Crippen molar-refractivity contribution in [1.29, 1.82) is 0 Å². The molecule has 0 bridgehead atoms. The molecule has 0 saturated heterocycles. The van der Waals surface area contributed by atoms with Crippen molar-refractivity contribution in [2.75, 3.05) is 0 Å². The maximum absolute atomic E-state index is 12.2. The predicted octanol–water partition coefficient (Wildman–Crippen LogP) is 14.8. The van der Waals surface area contributed by atoms with E-state index >= 15 is 0 Å². The van der Waals surface area contributed by atoms with E-state index in [-0.39, 0.29) is 48.4 Å². The Hall–Kier alpha value is -4.64. The van der Waals surface area contributed by atoms with Gasteiger partial charge in [-0.1, -0.05) is 127 Å². The molecule has 0 aliphatic carbocycles. The predicted molar refractivity (Wildman–Crippen MR) is 240 cm³/mol. The van der Waals surface area contributed by atoms with Crippen LogP contribution in [-0.4, -0.2) is 20.9 Å². The van der Waals surface area contributed by atoms with E-state index in [9.17, 15) is 9.90 Å². The number of rotatable bonds is 10. The van der Waals surface area contributed by atoms with Gasteiger partial charge in [-0.2, -0.15) is 0 Å². The minimum atomic E-state index is -0.337. The molecular weight excluding hydrogens is 893 g/mol. The fourth-order valence-electron chi connectivity index (χ4n) is 7.94. The zero-order valence-electron chi connectivity index (χ0n) is 36.4. The molecule has 0 fully saturated rings. The minimum absolute atomic E-state index is 0. The van der Waals surface area contributed by atoms with Crippen LogP contribution in [0.15, 0.2) is 89.0 Å². The van der Waals surface area contributed by atoms with Crippen LogP contribution in [0.1, 0.15) is 115 Å². The molecule has 0 unspecified atom stereocenters. The summed E-state index contributed by atoms with van der Waals surface area (Å²) in [7, 11) is 0. The van der Waals surface area contributed by atoms with Gasteiger partial charge in [-0.15, -0.1) is 18.2 Å². The second-order valence-corrected chi connectivity index (χ2v) is 16.8. The van der Waals surface area contributed by atoms with Gasteiger partial charge in [0.25, 0.3) is 0 Å². The molecule has 2 heterocycles. The van der Waals surface area contributed by atoms with E-state index in [0.29, 0.717) is 0 Å². The van der Waals surface area contributed by atoms with E-state index in [0.717, 1.165) is 75.6 Å². The number of furan rings is 1. The molecule has 5 nitrogen and oxygen atoms in total. The van der Waals surface area contributed by atoms with Crippen LogP contribution in [0.3, 0.4) is 0 Å². The number of carbonyl (C=O) groups excluding carboxylic acids is 1. The number of aliphatic hydroxyl groups excluding tert-OH is 1. The number of aliphatic hydroxyl groups is 1. The van der Waals surface area contributed by atoms with Gasteiger partial charge in [-0.3, -0.25) is 9.78 Å². The first-order chi connectivity index (χ1) is 27.1. The van der Waals surface area contributed by atoms with Crippen LogP contribution < -0.4 is 0 Å². The van der Waals surface area contributed by atoms with Gasteiger partial charge in [-0.05, 0) is 98.0 Å². The van der Waals surface area contributed by atoms with Gasteiger partial charge in [0.1, 0.15) is 17.2 Å². The Morgan fingerprint density at radius 2 is 1.43 bits per heavy atom. The van der Waals surface area contributed by atoms with Gasteiger partial charge < -0.3 is 9.52 Å². The summed E-state index contributed by atoms with van der Waals surface area (Å²) in [6.07, 6.45) is 4.75. The first-order valence-corrected chi connectivity index (χ1v) is 20.7. The average Bonchev–Trinajstić information content (AvgIpc) is 3.57. The minimum Gasteiger partial charge on any atom is -0.512 e. The Labute approximate surface area is 358 Å². The van der Waals surface area contributed by atoms with E-state index in [2.05, 4.69) is 114 Å². The molecule has 7 aromatic rings. The van der Waals surface area contributed by atoms with Gasteiger partial charge >= 0.3 is 0 Å². The fraction of sp³-hybridized carbons (Fsp3) is 0.365. The van der Waals surface area contributed by atoms with E-state index in [1.165, 1.54) is 50.2 Å². The van der Waals surface area contributed by atoms with Gasteiger partial charge in [0.05, 0.1) is 11.1 Å². The molecule has 305 valence electrons. The molecule has 6 heteroatoms. The van der Waals surface area contributed by atoms with Crippen molar-refractivity contribution in [3.8, 4) is 22.4 Å². The number of carbonyl (C=O) groups is 1. The van der Waals surface area contributed by atoms with Crippen molar-refractivity contribution in [3.05, 3.63) is 119 Å². The molecule has 7 rings (SSSR count). The van der Waals surface area contributed by atoms with Crippen molar-refractivity contribution >= 4 is 49.4 Å². The van der Waals surface area contributed by atoms with Crippen LogP contribution in [-0.2, 0) is 24.9 Å². The summed E-state index contributed by atoms with van der Waals surface area (Å²) in [4.78, 5) is 22.4. The number of nitrogens with zero attached hydrogens (tertiary/aromatic N) is 2. The Balaban J connectivity index is 0.000000304. The number of benzene rings is 5. The molecule has 5 aromatic carbocycles. The zero-order chi connectivity index (χ0) is 41.4. The van der Waals surface area contributed by atoms with E-state index in [4.69, 9.17) is 14.4 Å². The van der Waals surface area contributed by atoms with Gasteiger partial charge in [0.15, 0.2) is 5.78 Å². The number of fused-ring (bicyclic) bond motifs is 6. The standard InChI is InChI=1S/C37H31N2O.C15H28O2.Ir/c1-20(2)37-38-34(29-16-14-25-18-21(3)17-24(6)33(25)35(29)39-37)30-12-8-11-28-27-15-13-26(19-31(27)40-36(28)30)32-22(4)9-7-10-23(32)5;1-7-14(5,8-2)12(16)11-13(17)15(6,9-3)10-4;/h7-11,13-20H,1-6H3;11,16H,7-10H2,1-6H3;/q-1;;/b;12-11-;. The molecule has 0 aliphatic rings.